The van der Waals surface area contributed by atoms with Crippen LogP contribution in [0, 0.1) is 27.8 Å². The van der Waals surface area contributed by atoms with Crippen LogP contribution < -0.4 is 15.0 Å². The lowest BCUT2D eigenvalue weighted by molar-refractivity contribution is -0.387. The quantitative estimate of drug-likeness (QED) is 0.476. The Balaban J connectivity index is 1.66. The van der Waals surface area contributed by atoms with E-state index in [1.807, 2.05) is 4.90 Å². The number of benzene rings is 1. The van der Waals surface area contributed by atoms with Crippen LogP contribution in [0.15, 0.2) is 18.3 Å². The molecule has 1 aromatic heterocycles. The molecule has 0 bridgehead atoms. The highest BCUT2D eigenvalue weighted by Crippen LogP contribution is 2.54. The molecule has 0 radical (unpaired) electrons. The first-order chi connectivity index (χ1) is 14.4. The number of nitrogens with one attached hydrogen (secondary N) is 1. The van der Waals surface area contributed by atoms with Gasteiger partial charge in [-0.3, -0.25) is 10.1 Å². The van der Waals surface area contributed by atoms with Crippen molar-refractivity contribution < 1.29 is 19.2 Å². The van der Waals surface area contributed by atoms with Crippen LogP contribution in [-0.2, 0) is 0 Å². The van der Waals surface area contributed by atoms with Gasteiger partial charge < -0.3 is 20.1 Å². The van der Waals surface area contributed by atoms with E-state index in [-0.39, 0.29) is 30.0 Å². The summed E-state index contributed by atoms with van der Waals surface area (Å²) in [7, 11) is 1.33. The number of hydrogen-bond donors (Lipinski definition) is 2. The van der Waals surface area contributed by atoms with Crippen LogP contribution in [0.5, 0.6) is 5.75 Å². The molecule has 2 saturated carbocycles. The summed E-state index contributed by atoms with van der Waals surface area (Å²) in [6.45, 7) is 0.338. The molecule has 1 heterocycles. The molecule has 0 saturated heterocycles. The number of nitro benzene ring substituents is 1. The molecular formula is C19H21ClFN5O4. The maximum atomic E-state index is 13.9. The zero-order valence-electron chi connectivity index (χ0n) is 16.2. The van der Waals surface area contributed by atoms with E-state index in [9.17, 15) is 19.6 Å². The normalized spacial score (nSPS) is 21.8. The number of aliphatic hydroxyl groups is 1. The fraction of sp³-hybridized carbons (Fsp3) is 0.474. The van der Waals surface area contributed by atoms with Crippen LogP contribution in [0.3, 0.4) is 0 Å². The van der Waals surface area contributed by atoms with Crippen LogP contribution in [0.25, 0.3) is 0 Å². The van der Waals surface area contributed by atoms with Crippen molar-refractivity contribution in [3.8, 4) is 5.75 Å². The predicted molar refractivity (Wildman–Crippen MR) is 109 cm³/mol. The first-order valence-electron chi connectivity index (χ1n) is 9.62. The monoisotopic (exact) mass is 437 g/mol. The number of rotatable bonds is 8. The molecule has 30 heavy (non-hydrogen) atoms. The second-order valence-corrected chi connectivity index (χ2v) is 7.88. The number of fused-ring (bicyclic) bond motifs is 1. The molecule has 0 amide bonds. The number of ether oxygens (including phenoxy) is 1. The van der Waals surface area contributed by atoms with Crippen molar-refractivity contribution in [2.24, 2.45) is 11.8 Å². The van der Waals surface area contributed by atoms with E-state index in [4.69, 9.17) is 16.3 Å². The minimum Gasteiger partial charge on any atom is -0.494 e. The molecule has 3 atom stereocenters. The predicted octanol–water partition coefficient (Wildman–Crippen LogP) is 3.53. The second kappa shape index (κ2) is 8.19. The van der Waals surface area contributed by atoms with Crippen LogP contribution in [0.4, 0.5) is 27.5 Å². The first kappa shape index (κ1) is 20.5. The van der Waals surface area contributed by atoms with Crippen LogP contribution in [0.2, 0.25) is 5.02 Å². The van der Waals surface area contributed by atoms with E-state index in [0.717, 1.165) is 30.9 Å². The van der Waals surface area contributed by atoms with Gasteiger partial charge in [0.05, 0.1) is 30.5 Å². The number of aromatic nitrogens is 2. The fourth-order valence-electron chi connectivity index (χ4n) is 4.29. The molecule has 1 unspecified atom stereocenters. The van der Waals surface area contributed by atoms with Gasteiger partial charge in [0, 0.05) is 24.7 Å². The zero-order chi connectivity index (χ0) is 21.4. The van der Waals surface area contributed by atoms with Crippen molar-refractivity contribution in [3.05, 3.63) is 39.3 Å². The van der Waals surface area contributed by atoms with Gasteiger partial charge in [-0.05, 0) is 31.1 Å². The zero-order valence-corrected chi connectivity index (χ0v) is 17.0. The van der Waals surface area contributed by atoms with Crippen molar-refractivity contribution in [2.45, 2.75) is 25.3 Å². The Kier molecular flexibility index (Phi) is 5.61. The Labute approximate surface area is 177 Å². The maximum absolute atomic E-state index is 13.9. The van der Waals surface area contributed by atoms with Crippen molar-refractivity contribution in [1.29, 1.82) is 0 Å². The largest absolute Gasteiger partial charge is 0.494 e. The fourth-order valence-corrected chi connectivity index (χ4v) is 4.49. The molecule has 2 aliphatic carbocycles. The number of nitrogens with zero attached hydrogens (tertiary/aromatic N) is 4. The molecule has 11 heteroatoms. The van der Waals surface area contributed by atoms with Crippen molar-refractivity contribution in [1.82, 2.24) is 9.97 Å². The van der Waals surface area contributed by atoms with Crippen LogP contribution >= 0.6 is 11.6 Å². The minimum absolute atomic E-state index is 0.0467. The summed E-state index contributed by atoms with van der Waals surface area (Å²) in [5.41, 5.74) is -0.546. The summed E-state index contributed by atoms with van der Waals surface area (Å²) in [6, 6.07) is 2.22. The number of methoxy groups -OCH3 is 1. The second-order valence-electron chi connectivity index (χ2n) is 7.47. The molecule has 160 valence electrons. The van der Waals surface area contributed by atoms with Gasteiger partial charge in [-0.15, -0.1) is 0 Å². The lowest BCUT2D eigenvalue weighted by Gasteiger charge is -2.31. The minimum atomic E-state index is -1.01. The molecule has 0 aliphatic heterocycles. The summed E-state index contributed by atoms with van der Waals surface area (Å²) in [6.07, 6.45) is 4.77. The standard InChI is InChI=1S/C19H21ClFN5O4/c1-30-17-7-13(21)16(26(28)29)8-14(17)23-19-22-9-12(20)18(24-19)25(4-5-27)15-3-2-10-6-11(10)15/h7-11,15,27H,2-6H2,1H3,(H,22,23,24)/t10?,11-,15-/m0/s1. The highest BCUT2D eigenvalue weighted by Gasteiger charge is 2.50. The third-order valence-corrected chi connectivity index (χ3v) is 6.02. The summed E-state index contributed by atoms with van der Waals surface area (Å²) in [5.74, 6) is 0.993. The smallest absolute Gasteiger partial charge is 0.307 e. The number of halogens is 2. The average Bonchev–Trinajstić information content (AvgIpc) is 3.39. The number of nitro groups is 1. The summed E-state index contributed by atoms with van der Waals surface area (Å²) >= 11 is 6.38. The summed E-state index contributed by atoms with van der Waals surface area (Å²) in [4.78, 5) is 20.9. The topological polar surface area (TPSA) is 114 Å². The molecule has 4 rings (SSSR count). The molecule has 1 aromatic carbocycles. The van der Waals surface area contributed by atoms with E-state index < -0.39 is 16.4 Å². The van der Waals surface area contributed by atoms with Gasteiger partial charge >= 0.3 is 5.69 Å². The van der Waals surface area contributed by atoms with E-state index in [1.165, 1.54) is 19.7 Å². The van der Waals surface area contributed by atoms with E-state index >= 15 is 0 Å². The van der Waals surface area contributed by atoms with Crippen molar-refractivity contribution >= 4 is 34.7 Å². The van der Waals surface area contributed by atoms with Gasteiger partial charge in [0.1, 0.15) is 10.8 Å². The van der Waals surface area contributed by atoms with Gasteiger partial charge in [0.15, 0.2) is 5.82 Å². The van der Waals surface area contributed by atoms with Gasteiger partial charge in [-0.2, -0.15) is 9.37 Å². The molecule has 2 fully saturated rings. The molecule has 2 N–H and O–H groups in total. The lowest BCUT2D eigenvalue weighted by Crippen LogP contribution is -2.38. The van der Waals surface area contributed by atoms with Gasteiger partial charge in [-0.25, -0.2) is 4.98 Å². The molecular weight excluding hydrogens is 417 g/mol. The Morgan fingerprint density at radius 1 is 1.47 bits per heavy atom. The molecule has 2 aromatic rings. The molecule has 0 spiro atoms. The highest BCUT2D eigenvalue weighted by molar-refractivity contribution is 6.32. The Morgan fingerprint density at radius 2 is 2.27 bits per heavy atom. The maximum Gasteiger partial charge on any atom is 0.307 e. The van der Waals surface area contributed by atoms with E-state index in [1.54, 1.807) is 0 Å². The van der Waals surface area contributed by atoms with Gasteiger partial charge in [0.25, 0.3) is 0 Å². The third kappa shape index (κ3) is 3.84. The van der Waals surface area contributed by atoms with Crippen molar-refractivity contribution in [2.75, 3.05) is 30.5 Å². The molecule has 9 nitrogen and oxygen atoms in total. The van der Waals surface area contributed by atoms with Gasteiger partial charge in [-0.1, -0.05) is 11.6 Å². The Hall–Kier alpha value is -2.72. The average molecular weight is 438 g/mol. The number of aliphatic hydroxyl groups excluding tert-OH is 1. The lowest BCUT2D eigenvalue weighted by atomic mass is 10.1. The van der Waals surface area contributed by atoms with Crippen LogP contribution in [0.1, 0.15) is 19.3 Å². The van der Waals surface area contributed by atoms with Crippen molar-refractivity contribution in [3.63, 3.8) is 0 Å². The molecule has 2 aliphatic rings. The van der Waals surface area contributed by atoms with E-state index in [0.29, 0.717) is 23.3 Å². The third-order valence-electron chi connectivity index (χ3n) is 5.76. The SMILES string of the molecule is COc1cc(F)c([N+](=O)[O-])cc1Nc1ncc(Cl)c(N(CCO)[C@H]2CCC3C[C@@H]32)n1. The highest BCUT2D eigenvalue weighted by atomic mass is 35.5. The van der Waals surface area contributed by atoms with E-state index in [2.05, 4.69) is 15.3 Å². The van der Waals surface area contributed by atoms with Gasteiger partial charge in [0.2, 0.25) is 11.8 Å². The summed E-state index contributed by atoms with van der Waals surface area (Å²) < 4.78 is 19.0. The number of hydrogen-bond acceptors (Lipinski definition) is 8. The van der Waals surface area contributed by atoms with Crippen LogP contribution in [-0.4, -0.2) is 46.3 Å². The summed E-state index contributed by atoms with van der Waals surface area (Å²) in [5, 5.41) is 23.9. The Bertz CT molecular complexity index is 978. The number of anilines is 3. The first-order valence-corrected chi connectivity index (χ1v) is 9.99. The Morgan fingerprint density at radius 3 is 2.87 bits per heavy atom.